The van der Waals surface area contributed by atoms with Gasteiger partial charge in [0.2, 0.25) is 11.8 Å². The van der Waals surface area contributed by atoms with E-state index < -0.39 is 48.4 Å². The molecule has 0 saturated heterocycles. The Bertz CT molecular complexity index is 1400. The number of esters is 2. The Balaban J connectivity index is 1.48. The molecule has 228 valence electrons. The molecule has 0 saturated carbocycles. The van der Waals surface area contributed by atoms with Gasteiger partial charge in [0.25, 0.3) is 0 Å². The van der Waals surface area contributed by atoms with E-state index in [-0.39, 0.29) is 19.4 Å². The summed E-state index contributed by atoms with van der Waals surface area (Å²) in [7, 11) is 0. The lowest BCUT2D eigenvalue weighted by atomic mass is 10.1. The molecule has 2 aromatic carbocycles. The summed E-state index contributed by atoms with van der Waals surface area (Å²) < 4.78 is 41.2. The fraction of sp³-hybridized carbons (Fsp3) is 0.286. The molecule has 3 aromatic rings. The molecule has 4 N–H and O–H groups in total. The van der Waals surface area contributed by atoms with Crippen LogP contribution >= 0.6 is 11.3 Å². The number of halogens is 3. The average molecular weight is 620 g/mol. The van der Waals surface area contributed by atoms with Crippen molar-refractivity contribution in [2.24, 2.45) is 0 Å². The maximum atomic E-state index is 12.7. The van der Waals surface area contributed by atoms with E-state index in [1.807, 2.05) is 30.3 Å². The molecule has 1 aromatic heterocycles. The highest BCUT2D eigenvalue weighted by Gasteiger charge is 2.43. The quantitative estimate of drug-likeness (QED) is 0.168. The second-order valence-electron chi connectivity index (χ2n) is 9.08. The number of hydrogen-bond donors (Lipinski definition) is 4. The normalized spacial score (nSPS) is 11.6. The van der Waals surface area contributed by atoms with Crippen LogP contribution in [0.5, 0.6) is 0 Å². The van der Waals surface area contributed by atoms with Crippen molar-refractivity contribution in [3.8, 4) is 0 Å². The Morgan fingerprint density at radius 1 is 0.884 bits per heavy atom. The number of aryl methyl sites for hydroxylation is 1. The van der Waals surface area contributed by atoms with Crippen LogP contribution in [0.3, 0.4) is 0 Å². The molecule has 43 heavy (non-hydrogen) atoms. The van der Waals surface area contributed by atoms with E-state index in [1.54, 1.807) is 35.7 Å². The molecule has 3 rings (SSSR count). The summed E-state index contributed by atoms with van der Waals surface area (Å²) >= 11 is 1.19. The van der Waals surface area contributed by atoms with Gasteiger partial charge in [-0.25, -0.2) is 14.6 Å². The van der Waals surface area contributed by atoms with Crippen molar-refractivity contribution < 1.29 is 41.9 Å². The number of nitrogens with zero attached hydrogens (tertiary/aromatic N) is 1. The van der Waals surface area contributed by atoms with Gasteiger partial charge >= 0.3 is 24.1 Å². The fourth-order valence-corrected chi connectivity index (χ4v) is 4.32. The molecule has 0 fully saturated rings. The van der Waals surface area contributed by atoms with Crippen LogP contribution in [0.25, 0.3) is 0 Å². The van der Waals surface area contributed by atoms with E-state index in [4.69, 9.17) is 0 Å². The van der Waals surface area contributed by atoms with E-state index in [0.29, 0.717) is 29.4 Å². The average Bonchev–Trinajstić information content (AvgIpc) is 3.41. The van der Waals surface area contributed by atoms with Gasteiger partial charge in [0.05, 0.1) is 12.1 Å². The summed E-state index contributed by atoms with van der Waals surface area (Å²) in [6, 6.07) is 15.9. The highest BCUT2D eigenvalue weighted by Crippen LogP contribution is 2.18. The Kier molecular flexibility index (Phi) is 12.2. The topological polar surface area (TPSA) is 156 Å². The van der Waals surface area contributed by atoms with Gasteiger partial charge in [0.1, 0.15) is 6.04 Å². The molecule has 1 heterocycles. The number of rotatable bonds is 13. The van der Waals surface area contributed by atoms with Crippen molar-refractivity contribution in [3.63, 3.8) is 0 Å². The first-order chi connectivity index (χ1) is 20.5. The molecule has 0 unspecified atom stereocenters. The van der Waals surface area contributed by atoms with Crippen LogP contribution in [0.1, 0.15) is 36.1 Å². The Morgan fingerprint density at radius 2 is 1.49 bits per heavy atom. The van der Waals surface area contributed by atoms with E-state index in [0.717, 1.165) is 5.56 Å². The number of carbonyl (C=O) groups is 5. The molecule has 15 heteroatoms. The van der Waals surface area contributed by atoms with Gasteiger partial charge in [0, 0.05) is 24.9 Å². The number of carbonyl (C=O) groups excluding carboxylic acids is 5. The van der Waals surface area contributed by atoms with Crippen molar-refractivity contribution >= 4 is 46.3 Å². The maximum Gasteiger partial charge on any atom is 0.491 e. The number of aromatic nitrogens is 1. The zero-order valence-electron chi connectivity index (χ0n) is 22.6. The lowest BCUT2D eigenvalue weighted by Gasteiger charge is -2.18. The summed E-state index contributed by atoms with van der Waals surface area (Å²) in [5, 5.41) is 12.2. The third-order valence-corrected chi connectivity index (χ3v) is 6.48. The molecule has 4 amide bonds. The number of thiazole rings is 1. The predicted molar refractivity (Wildman–Crippen MR) is 149 cm³/mol. The Labute approximate surface area is 248 Å². The van der Waals surface area contributed by atoms with Crippen molar-refractivity contribution in [1.82, 2.24) is 20.9 Å². The highest BCUT2D eigenvalue weighted by atomic mass is 32.1. The first-order valence-electron chi connectivity index (χ1n) is 13.0. The van der Waals surface area contributed by atoms with Crippen molar-refractivity contribution in [3.05, 3.63) is 82.9 Å². The Hall–Kier alpha value is -4.79. The highest BCUT2D eigenvalue weighted by molar-refractivity contribution is 7.13. The van der Waals surface area contributed by atoms with Gasteiger partial charge < -0.3 is 20.7 Å². The summed E-state index contributed by atoms with van der Waals surface area (Å²) in [5.41, 5.74) is 2.22. The SMILES string of the molecule is O=C(CCCc1csc(NC(=O)NCc2ccccc2)n1)N[C@@H](CC(=O)OC(=O)C(F)(F)F)C(=O)NCc1ccccc1. The number of ether oxygens (including phenoxy) is 1. The fourth-order valence-electron chi connectivity index (χ4n) is 3.58. The number of benzene rings is 2. The van der Waals surface area contributed by atoms with Crippen LogP contribution in [0.4, 0.5) is 23.1 Å². The van der Waals surface area contributed by atoms with Gasteiger partial charge in [-0.3, -0.25) is 19.7 Å². The number of urea groups is 1. The van der Waals surface area contributed by atoms with Gasteiger partial charge in [-0.2, -0.15) is 13.2 Å². The zero-order chi connectivity index (χ0) is 31.2. The molecule has 0 aliphatic heterocycles. The van der Waals surface area contributed by atoms with Crippen LogP contribution in [0.2, 0.25) is 0 Å². The minimum atomic E-state index is -5.40. The van der Waals surface area contributed by atoms with Gasteiger partial charge in [-0.1, -0.05) is 60.7 Å². The van der Waals surface area contributed by atoms with Gasteiger partial charge in [-0.15, -0.1) is 11.3 Å². The second-order valence-corrected chi connectivity index (χ2v) is 9.94. The van der Waals surface area contributed by atoms with Gasteiger partial charge in [-0.05, 0) is 24.0 Å². The number of alkyl halides is 3. The first kappa shape index (κ1) is 32.7. The molecule has 1 atom stereocenters. The smallest absolute Gasteiger partial charge is 0.386 e. The maximum absolute atomic E-state index is 12.7. The number of anilines is 1. The first-order valence-corrected chi connectivity index (χ1v) is 13.8. The molecular weight excluding hydrogens is 591 g/mol. The summed E-state index contributed by atoms with van der Waals surface area (Å²) in [6.07, 6.45) is -5.91. The van der Waals surface area contributed by atoms with E-state index >= 15 is 0 Å². The molecule has 0 spiro atoms. The lowest BCUT2D eigenvalue weighted by Crippen LogP contribution is -2.48. The molecule has 0 aliphatic carbocycles. The number of nitrogens with one attached hydrogen (secondary N) is 4. The third kappa shape index (κ3) is 11.9. The van der Waals surface area contributed by atoms with Crippen molar-refractivity contribution in [1.29, 1.82) is 0 Å². The number of hydrogen-bond acceptors (Lipinski definition) is 8. The lowest BCUT2D eigenvalue weighted by molar-refractivity contribution is -0.202. The monoisotopic (exact) mass is 619 g/mol. The molecule has 0 bridgehead atoms. The van der Waals surface area contributed by atoms with Crippen molar-refractivity contribution in [2.75, 3.05) is 5.32 Å². The van der Waals surface area contributed by atoms with E-state index in [9.17, 15) is 37.1 Å². The van der Waals surface area contributed by atoms with Crippen molar-refractivity contribution in [2.45, 2.75) is 51.0 Å². The molecular formula is C28H28F3N5O6S. The minimum Gasteiger partial charge on any atom is -0.386 e. The van der Waals surface area contributed by atoms with Crippen LogP contribution in [0, 0.1) is 0 Å². The Morgan fingerprint density at radius 3 is 2.09 bits per heavy atom. The molecule has 0 radical (unpaired) electrons. The van der Waals surface area contributed by atoms with Crippen LogP contribution in [-0.4, -0.2) is 47.0 Å². The molecule has 11 nitrogen and oxygen atoms in total. The standard InChI is InChI=1S/C28H28F3N5O6S/c29-28(30,31)25(40)42-23(38)14-21(24(39)32-15-18-8-3-1-4-9-18)35-22(37)13-7-12-20-17-43-27(34-20)36-26(41)33-16-19-10-5-2-6-11-19/h1-6,8-11,17,21H,7,12-16H2,(H,32,39)(H,35,37)(H2,33,34,36,41)/t21-/m0/s1. The predicted octanol–water partition coefficient (Wildman–Crippen LogP) is 3.61. The van der Waals surface area contributed by atoms with E-state index in [2.05, 4.69) is 31.0 Å². The molecule has 0 aliphatic rings. The van der Waals surface area contributed by atoms with Crippen LogP contribution < -0.4 is 21.3 Å². The third-order valence-electron chi connectivity index (χ3n) is 5.67. The summed E-state index contributed by atoms with van der Waals surface area (Å²) in [4.78, 5) is 64.6. The number of amides is 4. The van der Waals surface area contributed by atoms with Gasteiger partial charge in [0.15, 0.2) is 5.13 Å². The minimum absolute atomic E-state index is 0.0209. The zero-order valence-corrected chi connectivity index (χ0v) is 23.4. The van der Waals surface area contributed by atoms with E-state index in [1.165, 1.54) is 11.3 Å². The van der Waals surface area contributed by atoms with Crippen LogP contribution in [-0.2, 0) is 43.4 Å². The summed E-state index contributed by atoms with van der Waals surface area (Å²) in [5.74, 6) is -5.87. The summed E-state index contributed by atoms with van der Waals surface area (Å²) in [6.45, 7) is 0.356. The van der Waals surface area contributed by atoms with Crippen LogP contribution in [0.15, 0.2) is 66.0 Å². The second kappa shape index (κ2) is 16.0. The largest absolute Gasteiger partial charge is 0.491 e.